The van der Waals surface area contributed by atoms with Crippen molar-refractivity contribution < 1.29 is 12.8 Å². The van der Waals surface area contributed by atoms with E-state index in [2.05, 4.69) is 5.43 Å². The molecule has 0 aromatic heterocycles. The van der Waals surface area contributed by atoms with Crippen molar-refractivity contribution in [2.45, 2.75) is 37.0 Å². The lowest BCUT2D eigenvalue weighted by Crippen LogP contribution is -2.38. The first-order valence-corrected chi connectivity index (χ1v) is 9.26. The summed E-state index contributed by atoms with van der Waals surface area (Å²) in [5, 5.41) is -0.286. The standard InChI is InChI=1S/C14H20ClFN2O2S/c1-21(19,20)11-4-2-3-9(7-11)14(18-17)10-5-6-13(16)12(15)8-10/h5-6,8-9,11,14,18H,2-4,7,17H2,1H3. The molecule has 0 radical (unpaired) electrons. The van der Waals surface area contributed by atoms with Gasteiger partial charge < -0.3 is 0 Å². The van der Waals surface area contributed by atoms with Crippen molar-refractivity contribution in [1.29, 1.82) is 0 Å². The minimum Gasteiger partial charge on any atom is -0.271 e. The average Bonchev–Trinajstić information content (AvgIpc) is 2.43. The van der Waals surface area contributed by atoms with Gasteiger partial charge in [-0.2, -0.15) is 0 Å². The predicted molar refractivity (Wildman–Crippen MR) is 82.1 cm³/mol. The quantitative estimate of drug-likeness (QED) is 0.655. The van der Waals surface area contributed by atoms with Crippen LogP contribution in [0, 0.1) is 11.7 Å². The summed E-state index contributed by atoms with van der Waals surface area (Å²) in [6, 6.07) is 4.26. The highest BCUT2D eigenvalue weighted by atomic mass is 35.5. The Hall–Kier alpha value is -0.690. The third-order valence-corrected chi connectivity index (χ3v) is 6.15. The second-order valence-electron chi connectivity index (χ2n) is 5.70. The lowest BCUT2D eigenvalue weighted by molar-refractivity contribution is 0.274. The van der Waals surface area contributed by atoms with Gasteiger partial charge in [0.05, 0.1) is 10.3 Å². The second-order valence-corrected chi connectivity index (χ2v) is 8.43. The molecule has 21 heavy (non-hydrogen) atoms. The van der Waals surface area contributed by atoms with E-state index in [1.54, 1.807) is 12.1 Å². The van der Waals surface area contributed by atoms with Crippen LogP contribution < -0.4 is 11.3 Å². The molecule has 7 heteroatoms. The molecule has 0 amide bonds. The molecular formula is C14H20ClFN2O2S. The Morgan fingerprint density at radius 2 is 2.14 bits per heavy atom. The Kier molecular flexibility index (Phi) is 5.24. The molecule has 2 rings (SSSR count). The van der Waals surface area contributed by atoms with Gasteiger partial charge in [0, 0.05) is 12.3 Å². The lowest BCUT2D eigenvalue weighted by atomic mass is 9.81. The van der Waals surface area contributed by atoms with Crippen molar-refractivity contribution >= 4 is 21.4 Å². The van der Waals surface area contributed by atoms with E-state index in [-0.39, 0.29) is 22.2 Å². The Morgan fingerprint density at radius 1 is 1.43 bits per heavy atom. The van der Waals surface area contributed by atoms with E-state index in [4.69, 9.17) is 17.4 Å². The zero-order valence-electron chi connectivity index (χ0n) is 11.9. The molecule has 1 fully saturated rings. The van der Waals surface area contributed by atoms with E-state index in [1.165, 1.54) is 12.3 Å². The van der Waals surface area contributed by atoms with Gasteiger partial charge in [-0.3, -0.25) is 11.3 Å². The molecule has 1 aromatic carbocycles. The molecular weight excluding hydrogens is 315 g/mol. The molecule has 118 valence electrons. The summed E-state index contributed by atoms with van der Waals surface area (Å²) >= 11 is 5.82. The number of rotatable bonds is 4. The summed E-state index contributed by atoms with van der Waals surface area (Å²) in [5.74, 6) is 5.25. The van der Waals surface area contributed by atoms with Crippen LogP contribution in [0.1, 0.15) is 37.3 Å². The molecule has 3 atom stereocenters. The highest BCUT2D eigenvalue weighted by Crippen LogP contribution is 2.37. The maximum Gasteiger partial charge on any atom is 0.150 e. The number of hydrogen-bond acceptors (Lipinski definition) is 4. The van der Waals surface area contributed by atoms with Crippen LogP contribution in [0.5, 0.6) is 0 Å². The Bertz CT molecular complexity index is 609. The molecule has 1 aliphatic carbocycles. The molecule has 1 aliphatic rings. The highest BCUT2D eigenvalue weighted by Gasteiger charge is 2.33. The van der Waals surface area contributed by atoms with Gasteiger partial charge in [0.25, 0.3) is 0 Å². The van der Waals surface area contributed by atoms with E-state index in [1.807, 2.05) is 0 Å². The van der Waals surface area contributed by atoms with Crippen LogP contribution in [0.2, 0.25) is 5.02 Å². The van der Waals surface area contributed by atoms with Crippen LogP contribution in [0.4, 0.5) is 4.39 Å². The van der Waals surface area contributed by atoms with Crippen molar-refractivity contribution in [3.8, 4) is 0 Å². The molecule has 3 unspecified atom stereocenters. The summed E-state index contributed by atoms with van der Waals surface area (Å²) in [6.45, 7) is 0. The molecule has 0 bridgehead atoms. The maximum atomic E-state index is 13.3. The molecule has 1 aromatic rings. The first-order valence-electron chi connectivity index (χ1n) is 6.93. The van der Waals surface area contributed by atoms with Gasteiger partial charge >= 0.3 is 0 Å². The van der Waals surface area contributed by atoms with Gasteiger partial charge in [0.2, 0.25) is 0 Å². The minimum atomic E-state index is -3.05. The fourth-order valence-corrected chi connectivity index (χ4v) is 4.46. The normalized spacial score (nSPS) is 24.8. The van der Waals surface area contributed by atoms with E-state index in [0.29, 0.717) is 12.8 Å². The fraction of sp³-hybridized carbons (Fsp3) is 0.571. The zero-order valence-corrected chi connectivity index (χ0v) is 13.4. The Labute approximate surface area is 129 Å². The Morgan fingerprint density at radius 3 is 2.71 bits per heavy atom. The minimum absolute atomic E-state index is 0.0447. The van der Waals surface area contributed by atoms with Gasteiger partial charge in [-0.15, -0.1) is 0 Å². The molecule has 0 aliphatic heterocycles. The summed E-state index contributed by atoms with van der Waals surface area (Å²) in [7, 11) is -3.05. The molecule has 0 saturated heterocycles. The summed E-state index contributed by atoms with van der Waals surface area (Å²) in [6.07, 6.45) is 4.25. The van der Waals surface area contributed by atoms with Gasteiger partial charge in [-0.25, -0.2) is 12.8 Å². The van der Waals surface area contributed by atoms with Crippen LogP contribution in [0.15, 0.2) is 18.2 Å². The smallest absolute Gasteiger partial charge is 0.150 e. The van der Waals surface area contributed by atoms with Crippen molar-refractivity contribution in [2.24, 2.45) is 11.8 Å². The van der Waals surface area contributed by atoms with Crippen LogP contribution >= 0.6 is 11.6 Å². The first-order chi connectivity index (χ1) is 9.82. The molecule has 4 nitrogen and oxygen atoms in total. The monoisotopic (exact) mass is 334 g/mol. The van der Waals surface area contributed by atoms with E-state index in [9.17, 15) is 12.8 Å². The largest absolute Gasteiger partial charge is 0.271 e. The molecule has 0 spiro atoms. The second kappa shape index (κ2) is 6.60. The number of halogens is 2. The summed E-state index contributed by atoms with van der Waals surface area (Å²) < 4.78 is 36.8. The number of nitrogens with two attached hydrogens (primary N) is 1. The van der Waals surface area contributed by atoms with Crippen LogP contribution in [0.25, 0.3) is 0 Å². The third kappa shape index (κ3) is 3.94. The van der Waals surface area contributed by atoms with Gasteiger partial charge in [0.15, 0.2) is 0 Å². The molecule has 3 N–H and O–H groups in total. The average molecular weight is 335 g/mol. The Balaban J connectivity index is 2.22. The lowest BCUT2D eigenvalue weighted by Gasteiger charge is -2.33. The van der Waals surface area contributed by atoms with Gasteiger partial charge in [-0.1, -0.05) is 24.1 Å². The van der Waals surface area contributed by atoms with Gasteiger partial charge in [-0.05, 0) is 42.9 Å². The number of sulfone groups is 1. The van der Waals surface area contributed by atoms with Crippen molar-refractivity contribution in [3.05, 3.63) is 34.6 Å². The van der Waals surface area contributed by atoms with Crippen molar-refractivity contribution in [1.82, 2.24) is 5.43 Å². The fourth-order valence-electron chi connectivity index (χ4n) is 3.08. The van der Waals surface area contributed by atoms with Crippen LogP contribution in [-0.4, -0.2) is 19.9 Å². The van der Waals surface area contributed by atoms with Crippen molar-refractivity contribution in [3.63, 3.8) is 0 Å². The van der Waals surface area contributed by atoms with Crippen LogP contribution in [0.3, 0.4) is 0 Å². The van der Waals surface area contributed by atoms with E-state index in [0.717, 1.165) is 18.4 Å². The topological polar surface area (TPSA) is 72.2 Å². The highest BCUT2D eigenvalue weighted by molar-refractivity contribution is 7.91. The number of hydrogen-bond donors (Lipinski definition) is 2. The predicted octanol–water partition coefficient (Wildman–Crippen LogP) is 2.59. The molecule has 1 saturated carbocycles. The van der Waals surface area contributed by atoms with Crippen molar-refractivity contribution in [2.75, 3.05) is 6.26 Å². The van der Waals surface area contributed by atoms with Gasteiger partial charge in [0.1, 0.15) is 15.7 Å². The van der Waals surface area contributed by atoms with E-state index < -0.39 is 15.7 Å². The van der Waals surface area contributed by atoms with Crippen LogP contribution in [-0.2, 0) is 9.84 Å². The number of nitrogens with one attached hydrogen (secondary N) is 1. The summed E-state index contributed by atoms with van der Waals surface area (Å²) in [4.78, 5) is 0. The third-order valence-electron chi connectivity index (χ3n) is 4.23. The summed E-state index contributed by atoms with van der Waals surface area (Å²) in [5.41, 5.74) is 3.51. The number of benzene rings is 1. The SMILES string of the molecule is CS(=O)(=O)C1CCCC(C(NN)c2ccc(F)c(Cl)c2)C1. The number of hydrazine groups is 1. The zero-order chi connectivity index (χ0) is 15.6. The first kappa shape index (κ1) is 16.7. The van der Waals surface area contributed by atoms with E-state index >= 15 is 0 Å². The molecule has 0 heterocycles. The maximum absolute atomic E-state index is 13.3.